The van der Waals surface area contributed by atoms with Crippen molar-refractivity contribution < 1.29 is 4.79 Å². The van der Waals surface area contributed by atoms with Crippen molar-refractivity contribution >= 4 is 41.5 Å². The molecule has 2 aromatic carbocycles. The van der Waals surface area contributed by atoms with Gasteiger partial charge in [0.05, 0.1) is 6.54 Å². The molecule has 0 spiro atoms. The molecule has 3 N–H and O–H groups in total. The van der Waals surface area contributed by atoms with Crippen molar-refractivity contribution in [3.8, 4) is 0 Å². The Morgan fingerprint density at radius 2 is 1.85 bits per heavy atom. The summed E-state index contributed by atoms with van der Waals surface area (Å²) in [5, 5.41) is 9.92. The average molecular weight is 565 g/mol. The van der Waals surface area contributed by atoms with Crippen LogP contribution >= 0.6 is 24.0 Å². The van der Waals surface area contributed by atoms with Gasteiger partial charge in [0.2, 0.25) is 5.91 Å². The molecule has 8 heteroatoms. The second-order valence-corrected chi connectivity index (χ2v) is 8.75. The molecule has 0 bridgehead atoms. The van der Waals surface area contributed by atoms with Crippen molar-refractivity contribution in [2.24, 2.45) is 4.99 Å². The van der Waals surface area contributed by atoms with Gasteiger partial charge in [-0.25, -0.2) is 0 Å². The molecule has 180 valence electrons. The van der Waals surface area contributed by atoms with Crippen LogP contribution in [0.4, 0.5) is 5.69 Å². The lowest BCUT2D eigenvalue weighted by Crippen LogP contribution is -2.44. The van der Waals surface area contributed by atoms with Gasteiger partial charge in [0.25, 0.3) is 0 Å². The van der Waals surface area contributed by atoms with E-state index in [0.717, 1.165) is 36.7 Å². The molecule has 33 heavy (non-hydrogen) atoms. The number of hydrogen-bond donors (Lipinski definition) is 3. The molecule has 1 fully saturated rings. The number of aliphatic imine (C=N–C) groups is 1. The highest BCUT2D eigenvalue weighted by molar-refractivity contribution is 14.0. The lowest BCUT2D eigenvalue weighted by molar-refractivity contribution is -0.116. The zero-order valence-corrected chi connectivity index (χ0v) is 22.4. The summed E-state index contributed by atoms with van der Waals surface area (Å²) < 4.78 is 0. The molecule has 2 aromatic rings. The van der Waals surface area contributed by atoms with E-state index >= 15 is 0 Å². The number of rotatable bonds is 8. The highest BCUT2D eigenvalue weighted by Gasteiger charge is 2.29. The number of anilines is 1. The molecule has 1 amide bonds. The summed E-state index contributed by atoms with van der Waals surface area (Å²) in [4.78, 5) is 20.8. The first-order valence-corrected chi connectivity index (χ1v) is 11.2. The Balaban J connectivity index is 0.00000385. The first-order valence-electron chi connectivity index (χ1n) is 11.2. The van der Waals surface area contributed by atoms with E-state index in [1.54, 1.807) is 7.05 Å². The summed E-state index contributed by atoms with van der Waals surface area (Å²) in [6.45, 7) is 5.24. The molecule has 0 saturated carbocycles. The predicted molar refractivity (Wildman–Crippen MR) is 147 cm³/mol. The second-order valence-electron chi connectivity index (χ2n) is 8.75. The topological polar surface area (TPSA) is 72.0 Å². The van der Waals surface area contributed by atoms with Crippen molar-refractivity contribution in [2.45, 2.75) is 38.5 Å². The summed E-state index contributed by atoms with van der Waals surface area (Å²) in [7, 11) is 5.56. The third-order valence-corrected chi connectivity index (χ3v) is 5.63. The van der Waals surface area contributed by atoms with Crippen LogP contribution < -0.4 is 16.0 Å². The number of guanidine groups is 1. The fourth-order valence-electron chi connectivity index (χ4n) is 4.06. The summed E-state index contributed by atoms with van der Waals surface area (Å²) in [6, 6.07) is 19.4. The normalized spacial score (nSPS) is 18.6. The van der Waals surface area contributed by atoms with Gasteiger partial charge in [-0.05, 0) is 50.7 Å². The highest BCUT2D eigenvalue weighted by atomic mass is 127. The van der Waals surface area contributed by atoms with Gasteiger partial charge in [-0.1, -0.05) is 42.5 Å². The molecule has 7 nitrogen and oxygen atoms in total. The molecule has 1 aliphatic rings. The van der Waals surface area contributed by atoms with E-state index in [-0.39, 0.29) is 29.9 Å². The first kappa shape index (κ1) is 27.1. The summed E-state index contributed by atoms with van der Waals surface area (Å²) in [5.41, 5.74) is 3.24. The molecule has 1 saturated heterocycles. The van der Waals surface area contributed by atoms with Crippen molar-refractivity contribution in [2.75, 3.05) is 39.5 Å². The number of nitrogens with zero attached hydrogens (tertiary/aromatic N) is 3. The molecule has 3 rings (SSSR count). The van der Waals surface area contributed by atoms with E-state index in [0.29, 0.717) is 25.2 Å². The Hall–Kier alpha value is -2.17. The van der Waals surface area contributed by atoms with Crippen molar-refractivity contribution in [3.05, 3.63) is 65.7 Å². The molecule has 1 aliphatic heterocycles. The number of likely N-dealkylation sites (tertiary alicyclic amines) is 1. The largest absolute Gasteiger partial charge is 0.352 e. The van der Waals surface area contributed by atoms with Crippen LogP contribution in [0.2, 0.25) is 0 Å². The number of carbonyl (C=O) groups excluding carboxylic acids is 1. The van der Waals surface area contributed by atoms with Crippen LogP contribution in [0.5, 0.6) is 0 Å². The maximum atomic E-state index is 12.0. The Labute approximate surface area is 215 Å². The van der Waals surface area contributed by atoms with Gasteiger partial charge >= 0.3 is 0 Å². The van der Waals surface area contributed by atoms with Crippen LogP contribution in [0.1, 0.15) is 24.5 Å². The van der Waals surface area contributed by atoms with Crippen LogP contribution in [0, 0.1) is 0 Å². The van der Waals surface area contributed by atoms with Crippen LogP contribution in [0.3, 0.4) is 0 Å². The summed E-state index contributed by atoms with van der Waals surface area (Å²) in [6.07, 6.45) is 1.08. The van der Waals surface area contributed by atoms with E-state index in [2.05, 4.69) is 63.1 Å². The fraction of sp³-hybridized carbons (Fsp3) is 0.440. The van der Waals surface area contributed by atoms with E-state index in [4.69, 9.17) is 0 Å². The number of benzene rings is 2. The van der Waals surface area contributed by atoms with Gasteiger partial charge in [-0.15, -0.1) is 24.0 Å². The molecule has 0 radical (unpaired) electrons. The van der Waals surface area contributed by atoms with Crippen LogP contribution in [0.25, 0.3) is 0 Å². The van der Waals surface area contributed by atoms with Gasteiger partial charge in [-0.2, -0.15) is 0 Å². The standard InChI is InChI=1S/C25H36N6O.HI/c1-19-13-23(17-31(19)16-20-9-6-5-7-10-20)29-25(26-2)27-15-21-11-8-12-22(14-21)28-24(32)18-30(3)4;/h5-12,14,19,23H,13,15-18H2,1-4H3,(H,28,32)(H2,26,27,29);1H. The van der Waals surface area contributed by atoms with Gasteiger partial charge in [-0.3, -0.25) is 14.7 Å². The minimum atomic E-state index is -0.0204. The van der Waals surface area contributed by atoms with E-state index in [9.17, 15) is 4.79 Å². The molecule has 0 aromatic heterocycles. The van der Waals surface area contributed by atoms with Crippen molar-refractivity contribution in [3.63, 3.8) is 0 Å². The van der Waals surface area contributed by atoms with Crippen molar-refractivity contribution in [1.29, 1.82) is 0 Å². The Morgan fingerprint density at radius 1 is 1.12 bits per heavy atom. The minimum absolute atomic E-state index is 0. The third kappa shape index (κ3) is 8.94. The third-order valence-electron chi connectivity index (χ3n) is 5.63. The first-order chi connectivity index (χ1) is 15.4. The van der Waals surface area contributed by atoms with Gasteiger partial charge < -0.3 is 20.9 Å². The van der Waals surface area contributed by atoms with Crippen molar-refractivity contribution in [1.82, 2.24) is 20.4 Å². The van der Waals surface area contributed by atoms with Gasteiger partial charge in [0, 0.05) is 44.5 Å². The maximum Gasteiger partial charge on any atom is 0.238 e. The fourth-order valence-corrected chi connectivity index (χ4v) is 4.06. The molecule has 2 unspecified atom stereocenters. The molecular formula is C25H37IN6O. The van der Waals surface area contributed by atoms with E-state index in [1.165, 1.54) is 5.56 Å². The molecule has 2 atom stereocenters. The molecule has 1 heterocycles. The highest BCUT2D eigenvalue weighted by Crippen LogP contribution is 2.20. The van der Waals surface area contributed by atoms with Crippen LogP contribution in [0.15, 0.2) is 59.6 Å². The summed E-state index contributed by atoms with van der Waals surface area (Å²) >= 11 is 0. The van der Waals surface area contributed by atoms with E-state index in [1.807, 2.05) is 43.3 Å². The number of halogens is 1. The lowest BCUT2D eigenvalue weighted by atomic mass is 10.2. The van der Waals surface area contributed by atoms with Crippen LogP contribution in [-0.4, -0.2) is 68.0 Å². The smallest absolute Gasteiger partial charge is 0.238 e. The average Bonchev–Trinajstić information content (AvgIpc) is 3.10. The molecule has 0 aliphatic carbocycles. The summed E-state index contributed by atoms with van der Waals surface area (Å²) in [5.74, 6) is 0.777. The second kappa shape index (κ2) is 13.5. The zero-order chi connectivity index (χ0) is 22.9. The van der Waals surface area contributed by atoms with E-state index < -0.39 is 0 Å². The lowest BCUT2D eigenvalue weighted by Gasteiger charge is -2.21. The number of nitrogens with one attached hydrogen (secondary N) is 3. The number of likely N-dealkylation sites (N-methyl/N-ethyl adjacent to an activating group) is 1. The molecular weight excluding hydrogens is 527 g/mol. The number of hydrogen-bond acceptors (Lipinski definition) is 4. The number of amides is 1. The van der Waals surface area contributed by atoms with Gasteiger partial charge in [0.15, 0.2) is 5.96 Å². The van der Waals surface area contributed by atoms with Gasteiger partial charge in [0.1, 0.15) is 0 Å². The zero-order valence-electron chi connectivity index (χ0n) is 20.0. The number of carbonyl (C=O) groups is 1. The predicted octanol–water partition coefficient (Wildman–Crippen LogP) is 3.13. The Morgan fingerprint density at radius 3 is 2.55 bits per heavy atom. The monoisotopic (exact) mass is 564 g/mol. The Kier molecular flexibility index (Phi) is 11.1. The Bertz CT molecular complexity index is 905. The SMILES string of the molecule is CN=C(NCc1cccc(NC(=O)CN(C)C)c1)NC1CC(C)N(Cc2ccccc2)C1.I. The quantitative estimate of drug-likeness (QED) is 0.261. The van der Waals surface area contributed by atoms with Crippen LogP contribution in [-0.2, 0) is 17.9 Å². The maximum absolute atomic E-state index is 12.0. The minimum Gasteiger partial charge on any atom is -0.352 e.